The lowest BCUT2D eigenvalue weighted by Gasteiger charge is -2.38. The minimum Gasteiger partial charge on any atom is -0.488 e. The molecule has 0 amide bonds. The van der Waals surface area contributed by atoms with Crippen molar-refractivity contribution < 1.29 is 27.8 Å². The molecule has 0 fully saturated rings. The first-order valence-corrected chi connectivity index (χ1v) is 10.8. The molecule has 1 aliphatic heterocycles. The van der Waals surface area contributed by atoms with E-state index >= 15 is 0 Å². The topological polar surface area (TPSA) is 49.8 Å². The number of para-hydroxylation sites is 2. The Labute approximate surface area is 197 Å². The Morgan fingerprint density at radius 1 is 1.06 bits per heavy atom. The smallest absolute Gasteiger partial charge is 0.337 e. The van der Waals surface area contributed by atoms with Crippen molar-refractivity contribution in [3.05, 3.63) is 107 Å². The van der Waals surface area contributed by atoms with Gasteiger partial charge in [-0.2, -0.15) is 0 Å². The Morgan fingerprint density at radius 3 is 2.48 bits per heavy atom. The Morgan fingerprint density at radius 2 is 1.73 bits per heavy atom. The minimum absolute atomic E-state index is 0.121. The number of carboxylic acids is 1. The predicted molar refractivity (Wildman–Crippen MR) is 122 cm³/mol. The molecule has 1 N–H and O–H groups in total. The maximum Gasteiger partial charge on any atom is 0.337 e. The molecule has 2 atom stereocenters. The van der Waals surface area contributed by atoms with Crippen LogP contribution in [0, 0.1) is 17.5 Å². The molecule has 0 saturated carbocycles. The van der Waals surface area contributed by atoms with Gasteiger partial charge in [-0.1, -0.05) is 58.4 Å². The molecule has 170 valence electrons. The third-order valence-corrected chi connectivity index (χ3v) is 6.08. The largest absolute Gasteiger partial charge is 0.488 e. The normalized spacial score (nSPS) is 19.7. The average Bonchev–Trinajstić information content (AvgIpc) is 3.10. The van der Waals surface area contributed by atoms with E-state index in [1.165, 1.54) is 6.07 Å². The van der Waals surface area contributed by atoms with Crippen LogP contribution in [-0.2, 0) is 6.61 Å². The number of hydrogen-bond acceptors (Lipinski definition) is 3. The standard InChI is InChI=1S/C25H19BrF3NO3/c1-25(26)11-10-22(30(25)21-8-4-2-7-17(21)24(31)32)16-6-3-5-9-23(16)33-14-15-12-19(28)20(29)13-18(15)27/h2-13,22H,14H2,1H3,(H,31,32). The monoisotopic (exact) mass is 517 g/mol. The van der Waals surface area contributed by atoms with Gasteiger partial charge in [-0.25, -0.2) is 18.0 Å². The van der Waals surface area contributed by atoms with Gasteiger partial charge in [-0.3, -0.25) is 0 Å². The molecule has 2 unspecified atom stereocenters. The Bertz CT molecular complexity index is 1250. The van der Waals surface area contributed by atoms with Crippen molar-refractivity contribution in [1.82, 2.24) is 0 Å². The maximum absolute atomic E-state index is 14.1. The fourth-order valence-corrected chi connectivity index (χ4v) is 4.45. The third kappa shape index (κ3) is 4.48. The molecule has 0 radical (unpaired) electrons. The number of carbonyl (C=O) groups is 1. The number of alkyl halides is 1. The van der Waals surface area contributed by atoms with Gasteiger partial charge >= 0.3 is 5.97 Å². The summed E-state index contributed by atoms with van der Waals surface area (Å²) in [5, 5.41) is 9.71. The summed E-state index contributed by atoms with van der Waals surface area (Å²) in [6.07, 6.45) is 3.82. The highest BCUT2D eigenvalue weighted by molar-refractivity contribution is 9.10. The maximum atomic E-state index is 14.1. The van der Waals surface area contributed by atoms with Crippen LogP contribution in [0.3, 0.4) is 0 Å². The van der Waals surface area contributed by atoms with Crippen molar-refractivity contribution in [1.29, 1.82) is 0 Å². The van der Waals surface area contributed by atoms with Gasteiger partial charge in [0.05, 0.1) is 17.3 Å². The number of carboxylic acid groups (broad SMARTS) is 1. The second-order valence-corrected chi connectivity index (χ2v) is 9.31. The Kier molecular flexibility index (Phi) is 6.21. The number of anilines is 1. The first-order chi connectivity index (χ1) is 15.7. The van der Waals surface area contributed by atoms with Crippen molar-refractivity contribution in [2.45, 2.75) is 24.0 Å². The minimum atomic E-state index is -1.27. The fourth-order valence-electron chi connectivity index (χ4n) is 3.88. The van der Waals surface area contributed by atoms with Crippen LogP contribution in [0.2, 0.25) is 0 Å². The molecule has 0 aliphatic carbocycles. The quantitative estimate of drug-likeness (QED) is 0.173. The molecule has 1 heterocycles. The van der Waals surface area contributed by atoms with Gasteiger partial charge in [-0.15, -0.1) is 0 Å². The molecule has 8 heteroatoms. The molecule has 1 aliphatic rings. The summed E-state index contributed by atoms with van der Waals surface area (Å²) < 4.78 is 46.0. The van der Waals surface area contributed by atoms with E-state index < -0.39 is 33.9 Å². The lowest BCUT2D eigenvalue weighted by molar-refractivity contribution is 0.0697. The number of rotatable bonds is 6. The van der Waals surface area contributed by atoms with E-state index in [2.05, 4.69) is 15.9 Å². The summed E-state index contributed by atoms with van der Waals surface area (Å²) >= 11 is 3.67. The molecule has 0 saturated heterocycles. The molecule has 4 rings (SSSR count). The van der Waals surface area contributed by atoms with Crippen LogP contribution in [0.25, 0.3) is 0 Å². The van der Waals surface area contributed by atoms with E-state index in [0.29, 0.717) is 23.1 Å². The number of benzene rings is 3. The lowest BCUT2D eigenvalue weighted by atomic mass is 10.0. The first-order valence-electron chi connectivity index (χ1n) is 10.0. The van der Waals surface area contributed by atoms with Gasteiger partial charge in [0, 0.05) is 17.2 Å². The van der Waals surface area contributed by atoms with E-state index in [1.807, 2.05) is 30.0 Å². The molecular formula is C25H19BrF3NO3. The summed E-state index contributed by atoms with van der Waals surface area (Å²) in [7, 11) is 0. The first kappa shape index (κ1) is 22.9. The second kappa shape index (κ2) is 8.94. The van der Waals surface area contributed by atoms with Gasteiger partial charge in [0.2, 0.25) is 0 Å². The summed E-state index contributed by atoms with van der Waals surface area (Å²) in [6, 6.07) is 14.6. The number of ether oxygens (including phenoxy) is 1. The average molecular weight is 518 g/mol. The number of nitrogens with zero attached hydrogens (tertiary/aromatic N) is 1. The Hall–Kier alpha value is -3.26. The second-order valence-electron chi connectivity index (χ2n) is 7.70. The summed E-state index contributed by atoms with van der Waals surface area (Å²) in [6.45, 7) is 1.58. The molecule has 33 heavy (non-hydrogen) atoms. The highest BCUT2D eigenvalue weighted by Crippen LogP contribution is 2.47. The third-order valence-electron chi connectivity index (χ3n) is 5.44. The van der Waals surface area contributed by atoms with Crippen molar-refractivity contribution >= 4 is 27.6 Å². The van der Waals surface area contributed by atoms with E-state index in [1.54, 1.807) is 36.4 Å². The van der Waals surface area contributed by atoms with Gasteiger partial charge in [-0.05, 0) is 31.2 Å². The zero-order valence-electron chi connectivity index (χ0n) is 17.4. The summed E-state index contributed by atoms with van der Waals surface area (Å²) in [5.41, 5.74) is 1.21. The summed E-state index contributed by atoms with van der Waals surface area (Å²) in [4.78, 5) is 13.8. The van der Waals surface area contributed by atoms with E-state index in [9.17, 15) is 23.1 Å². The molecule has 0 bridgehead atoms. The lowest BCUT2D eigenvalue weighted by Crippen LogP contribution is -2.39. The van der Waals surface area contributed by atoms with Gasteiger partial charge < -0.3 is 14.7 Å². The SMILES string of the molecule is CC1(Br)C=CC(c2ccccc2OCc2cc(F)c(F)cc2F)N1c1ccccc1C(=O)O. The van der Waals surface area contributed by atoms with Gasteiger partial charge in [0.15, 0.2) is 11.6 Å². The van der Waals surface area contributed by atoms with Crippen LogP contribution in [0.15, 0.2) is 72.8 Å². The number of hydrogen-bond donors (Lipinski definition) is 1. The number of aromatic carboxylic acids is 1. The molecule has 0 spiro atoms. The highest BCUT2D eigenvalue weighted by atomic mass is 79.9. The van der Waals surface area contributed by atoms with E-state index in [-0.39, 0.29) is 17.7 Å². The molecular weight excluding hydrogens is 499 g/mol. The molecule has 4 nitrogen and oxygen atoms in total. The van der Waals surface area contributed by atoms with Crippen LogP contribution in [-0.4, -0.2) is 15.5 Å². The van der Waals surface area contributed by atoms with Crippen LogP contribution in [0.5, 0.6) is 5.75 Å². The van der Waals surface area contributed by atoms with E-state index in [4.69, 9.17) is 4.74 Å². The van der Waals surface area contributed by atoms with Crippen molar-refractivity contribution in [2.75, 3.05) is 4.90 Å². The highest BCUT2D eigenvalue weighted by Gasteiger charge is 2.40. The zero-order chi connectivity index (χ0) is 23.8. The summed E-state index contributed by atoms with van der Waals surface area (Å²) in [5.74, 6) is -3.99. The zero-order valence-corrected chi connectivity index (χ0v) is 19.0. The molecule has 0 aromatic heterocycles. The van der Waals surface area contributed by atoms with Crippen LogP contribution in [0.4, 0.5) is 18.9 Å². The van der Waals surface area contributed by atoms with Crippen LogP contribution in [0.1, 0.15) is 34.5 Å². The van der Waals surface area contributed by atoms with Crippen molar-refractivity contribution in [2.24, 2.45) is 0 Å². The predicted octanol–water partition coefficient (Wildman–Crippen LogP) is 6.61. The fraction of sp³-hybridized carbons (Fsp3) is 0.160. The molecule has 3 aromatic carbocycles. The van der Waals surface area contributed by atoms with Crippen LogP contribution < -0.4 is 9.64 Å². The van der Waals surface area contributed by atoms with Gasteiger partial charge in [0.1, 0.15) is 22.6 Å². The Balaban J connectivity index is 1.70. The van der Waals surface area contributed by atoms with E-state index in [0.717, 1.165) is 6.07 Å². The number of halogens is 4. The van der Waals surface area contributed by atoms with Crippen molar-refractivity contribution in [3.63, 3.8) is 0 Å². The van der Waals surface area contributed by atoms with Crippen LogP contribution >= 0.6 is 15.9 Å². The molecule has 3 aromatic rings. The van der Waals surface area contributed by atoms with Crippen molar-refractivity contribution in [3.8, 4) is 5.75 Å². The van der Waals surface area contributed by atoms with Gasteiger partial charge in [0.25, 0.3) is 0 Å².